The van der Waals surface area contributed by atoms with Crippen LogP contribution in [0.2, 0.25) is 0 Å². The van der Waals surface area contributed by atoms with Crippen LogP contribution in [0.1, 0.15) is 45.7 Å². The van der Waals surface area contributed by atoms with Crippen LogP contribution in [0.4, 0.5) is 5.00 Å². The summed E-state index contributed by atoms with van der Waals surface area (Å²) in [5.74, 6) is 0. The van der Waals surface area contributed by atoms with Gasteiger partial charge >= 0.3 is 0 Å². The Bertz CT molecular complexity index is 300. The standard InChI is InChI=1S/C12H24N4S/c1-4-7-9-16(6-3)10-11-12(13-8-5-2)17-15-14-11/h13H,4-10H2,1-3H3. The van der Waals surface area contributed by atoms with Crippen molar-refractivity contribution in [1.29, 1.82) is 0 Å². The number of unbranched alkanes of at least 4 members (excludes halogenated alkanes) is 1. The van der Waals surface area contributed by atoms with E-state index in [2.05, 4.69) is 40.6 Å². The van der Waals surface area contributed by atoms with Crippen molar-refractivity contribution in [2.45, 2.75) is 46.6 Å². The van der Waals surface area contributed by atoms with E-state index in [9.17, 15) is 0 Å². The molecule has 5 heteroatoms. The third kappa shape index (κ3) is 5.00. The fraction of sp³-hybridized carbons (Fsp3) is 0.833. The van der Waals surface area contributed by atoms with Crippen LogP contribution < -0.4 is 5.32 Å². The average Bonchev–Trinajstić information content (AvgIpc) is 2.79. The van der Waals surface area contributed by atoms with Crippen molar-refractivity contribution in [1.82, 2.24) is 14.5 Å². The topological polar surface area (TPSA) is 41.1 Å². The highest BCUT2D eigenvalue weighted by Crippen LogP contribution is 2.19. The van der Waals surface area contributed by atoms with Crippen molar-refractivity contribution in [2.24, 2.45) is 0 Å². The van der Waals surface area contributed by atoms with Crippen LogP contribution in [0.15, 0.2) is 0 Å². The van der Waals surface area contributed by atoms with Crippen molar-refractivity contribution in [3.63, 3.8) is 0 Å². The number of nitrogens with zero attached hydrogens (tertiary/aromatic N) is 3. The smallest absolute Gasteiger partial charge is 0.134 e. The van der Waals surface area contributed by atoms with E-state index in [0.717, 1.165) is 43.3 Å². The summed E-state index contributed by atoms with van der Waals surface area (Å²) in [6, 6.07) is 0. The van der Waals surface area contributed by atoms with E-state index in [-0.39, 0.29) is 0 Å². The monoisotopic (exact) mass is 256 g/mol. The molecule has 0 aliphatic carbocycles. The summed E-state index contributed by atoms with van der Waals surface area (Å²) in [5.41, 5.74) is 1.10. The largest absolute Gasteiger partial charge is 0.374 e. The van der Waals surface area contributed by atoms with E-state index in [4.69, 9.17) is 0 Å². The van der Waals surface area contributed by atoms with Gasteiger partial charge in [-0.2, -0.15) is 0 Å². The van der Waals surface area contributed by atoms with Crippen LogP contribution in [-0.4, -0.2) is 34.1 Å². The summed E-state index contributed by atoms with van der Waals surface area (Å²) in [6.07, 6.45) is 3.63. The van der Waals surface area contributed by atoms with E-state index in [0.29, 0.717) is 0 Å². The van der Waals surface area contributed by atoms with E-state index in [1.54, 1.807) is 0 Å². The Morgan fingerprint density at radius 2 is 2.06 bits per heavy atom. The molecule has 0 amide bonds. The van der Waals surface area contributed by atoms with Crippen molar-refractivity contribution in [3.05, 3.63) is 5.69 Å². The Labute approximate surface area is 109 Å². The zero-order chi connectivity index (χ0) is 12.5. The average molecular weight is 256 g/mol. The van der Waals surface area contributed by atoms with Crippen molar-refractivity contribution < 1.29 is 0 Å². The lowest BCUT2D eigenvalue weighted by atomic mass is 10.3. The molecule has 0 atom stereocenters. The van der Waals surface area contributed by atoms with E-state index in [1.165, 1.54) is 24.4 Å². The van der Waals surface area contributed by atoms with Gasteiger partial charge in [-0.05, 0) is 25.9 Å². The molecule has 0 saturated heterocycles. The van der Waals surface area contributed by atoms with Gasteiger partial charge < -0.3 is 5.32 Å². The molecule has 0 bridgehead atoms. The first-order valence-electron chi connectivity index (χ1n) is 6.59. The second-order valence-electron chi connectivity index (χ2n) is 4.20. The zero-order valence-corrected chi connectivity index (χ0v) is 12.0. The van der Waals surface area contributed by atoms with Crippen LogP contribution in [0, 0.1) is 0 Å². The van der Waals surface area contributed by atoms with Crippen LogP contribution >= 0.6 is 11.5 Å². The molecule has 0 unspecified atom stereocenters. The number of rotatable bonds is 9. The quantitative estimate of drug-likeness (QED) is 0.737. The summed E-state index contributed by atoms with van der Waals surface area (Å²) >= 11 is 1.47. The first-order chi connectivity index (χ1) is 8.31. The maximum Gasteiger partial charge on any atom is 0.134 e. The Morgan fingerprint density at radius 3 is 2.71 bits per heavy atom. The highest BCUT2D eigenvalue weighted by molar-refractivity contribution is 7.10. The first-order valence-corrected chi connectivity index (χ1v) is 7.36. The van der Waals surface area contributed by atoms with Crippen molar-refractivity contribution >= 4 is 16.5 Å². The van der Waals surface area contributed by atoms with Gasteiger partial charge in [-0.15, -0.1) is 5.10 Å². The van der Waals surface area contributed by atoms with Crippen LogP contribution in [0.3, 0.4) is 0 Å². The fourth-order valence-electron chi connectivity index (χ4n) is 1.63. The number of nitrogens with one attached hydrogen (secondary N) is 1. The SMILES string of the molecule is CCCCN(CC)Cc1nnsc1NCCC. The maximum atomic E-state index is 4.23. The predicted octanol–water partition coefficient (Wildman–Crippen LogP) is 2.98. The summed E-state index contributed by atoms with van der Waals surface area (Å²) in [6.45, 7) is 10.7. The van der Waals surface area contributed by atoms with Gasteiger partial charge in [0, 0.05) is 24.6 Å². The lowest BCUT2D eigenvalue weighted by Gasteiger charge is -2.19. The van der Waals surface area contributed by atoms with Crippen molar-refractivity contribution in [3.8, 4) is 0 Å². The summed E-state index contributed by atoms with van der Waals surface area (Å²) < 4.78 is 4.05. The second kappa shape index (κ2) is 8.42. The molecule has 4 nitrogen and oxygen atoms in total. The van der Waals surface area contributed by atoms with Gasteiger partial charge in [-0.3, -0.25) is 4.90 Å². The molecule has 1 rings (SSSR count). The number of hydrogen-bond donors (Lipinski definition) is 1. The van der Waals surface area contributed by atoms with Crippen LogP contribution in [0.25, 0.3) is 0 Å². The molecule has 0 radical (unpaired) electrons. The van der Waals surface area contributed by atoms with E-state index < -0.39 is 0 Å². The summed E-state index contributed by atoms with van der Waals surface area (Å²) in [4.78, 5) is 2.43. The molecular weight excluding hydrogens is 232 g/mol. The molecule has 0 aromatic carbocycles. The molecule has 0 aliphatic heterocycles. The molecule has 1 aromatic rings. The molecule has 1 heterocycles. The fourth-order valence-corrected chi connectivity index (χ4v) is 2.23. The number of aromatic nitrogens is 2. The van der Waals surface area contributed by atoms with Gasteiger partial charge in [0.15, 0.2) is 0 Å². The minimum atomic E-state index is 0.916. The van der Waals surface area contributed by atoms with Gasteiger partial charge in [0.2, 0.25) is 0 Å². The van der Waals surface area contributed by atoms with Gasteiger partial charge in [0.1, 0.15) is 10.7 Å². The van der Waals surface area contributed by atoms with E-state index >= 15 is 0 Å². The Kier molecular flexibility index (Phi) is 7.12. The van der Waals surface area contributed by atoms with Crippen molar-refractivity contribution in [2.75, 3.05) is 25.0 Å². The van der Waals surface area contributed by atoms with Gasteiger partial charge in [0.05, 0.1) is 0 Å². The van der Waals surface area contributed by atoms with E-state index in [1.807, 2.05) is 0 Å². The lowest BCUT2D eigenvalue weighted by molar-refractivity contribution is 0.272. The number of anilines is 1. The third-order valence-corrected chi connectivity index (χ3v) is 3.47. The summed E-state index contributed by atoms with van der Waals surface area (Å²) in [7, 11) is 0. The molecule has 0 aliphatic rings. The molecule has 1 N–H and O–H groups in total. The van der Waals surface area contributed by atoms with Gasteiger partial charge in [-0.1, -0.05) is 31.7 Å². The zero-order valence-electron chi connectivity index (χ0n) is 11.2. The summed E-state index contributed by atoms with van der Waals surface area (Å²) in [5, 5.41) is 8.77. The maximum absolute atomic E-state index is 4.23. The minimum Gasteiger partial charge on any atom is -0.374 e. The minimum absolute atomic E-state index is 0.916. The molecule has 17 heavy (non-hydrogen) atoms. The Balaban J connectivity index is 2.50. The molecule has 0 fully saturated rings. The highest BCUT2D eigenvalue weighted by atomic mass is 32.1. The molecule has 98 valence electrons. The molecule has 1 aromatic heterocycles. The third-order valence-electron chi connectivity index (χ3n) is 2.74. The Hall–Kier alpha value is -0.680. The van der Waals surface area contributed by atoms with Crippen LogP contribution in [0.5, 0.6) is 0 Å². The normalized spacial score (nSPS) is 11.1. The molecule has 0 spiro atoms. The Morgan fingerprint density at radius 1 is 1.24 bits per heavy atom. The highest BCUT2D eigenvalue weighted by Gasteiger charge is 2.11. The first kappa shape index (κ1) is 14.4. The second-order valence-corrected chi connectivity index (χ2v) is 4.95. The molecule has 0 saturated carbocycles. The molecular formula is C12H24N4S. The lowest BCUT2D eigenvalue weighted by Crippen LogP contribution is -2.24. The van der Waals surface area contributed by atoms with Gasteiger partial charge in [0.25, 0.3) is 0 Å². The van der Waals surface area contributed by atoms with Gasteiger partial charge in [-0.25, -0.2) is 0 Å². The van der Waals surface area contributed by atoms with Crippen LogP contribution in [-0.2, 0) is 6.54 Å². The predicted molar refractivity (Wildman–Crippen MR) is 74.5 cm³/mol. The number of hydrogen-bond acceptors (Lipinski definition) is 5.